The zero-order valence-corrected chi connectivity index (χ0v) is 17.3. The fraction of sp³-hybridized carbons (Fsp3) is 0.182. The number of carbonyl (C=O) groups is 1. The molecule has 0 unspecified atom stereocenters. The van der Waals surface area contributed by atoms with E-state index in [2.05, 4.69) is 23.8 Å². The summed E-state index contributed by atoms with van der Waals surface area (Å²) in [5.41, 5.74) is 3.81. The Morgan fingerprint density at radius 3 is 2.43 bits per heavy atom. The lowest BCUT2D eigenvalue weighted by Gasteiger charge is -2.09. The van der Waals surface area contributed by atoms with Gasteiger partial charge in [0, 0.05) is 47.4 Å². The number of aromatic nitrogens is 1. The van der Waals surface area contributed by atoms with Gasteiger partial charge in [0.25, 0.3) is 5.69 Å². The van der Waals surface area contributed by atoms with Crippen LogP contribution in [0, 0.1) is 17.0 Å². The summed E-state index contributed by atoms with van der Waals surface area (Å²) in [4.78, 5) is 23.7. The number of aryl methyl sites for hydroxylation is 2. The molecule has 3 rings (SSSR count). The first-order valence-electron chi connectivity index (χ1n) is 8.85. The average molecular weight is 441 g/mol. The van der Waals surface area contributed by atoms with Crippen LogP contribution in [0.1, 0.15) is 39.7 Å². The first-order chi connectivity index (χ1) is 13.0. The maximum absolute atomic E-state index is 13.0. The van der Waals surface area contributed by atoms with Crippen molar-refractivity contribution in [2.75, 3.05) is 0 Å². The van der Waals surface area contributed by atoms with Gasteiger partial charge in [-0.15, -0.1) is 0 Å². The highest BCUT2D eigenvalue weighted by Gasteiger charge is 2.21. The molecule has 0 bridgehead atoms. The van der Waals surface area contributed by atoms with Gasteiger partial charge in [0.2, 0.25) is 0 Å². The molecule has 2 aromatic carbocycles. The van der Waals surface area contributed by atoms with E-state index >= 15 is 0 Å². The number of pyridine rings is 1. The van der Waals surface area contributed by atoms with Gasteiger partial charge in [0.05, 0.1) is 4.92 Å². The van der Waals surface area contributed by atoms with Crippen LogP contribution in [0.3, 0.4) is 0 Å². The smallest absolute Gasteiger partial charge is 0.270 e. The van der Waals surface area contributed by atoms with Gasteiger partial charge in [-0.25, -0.2) is 0 Å². The van der Waals surface area contributed by atoms with Crippen LogP contribution in [0.5, 0.6) is 0 Å². The molecular formula is C22H21BrN2O3. The summed E-state index contributed by atoms with van der Waals surface area (Å²) >= 11 is 0. The molecule has 0 aliphatic carbocycles. The Balaban J connectivity index is 0.00000280. The van der Waals surface area contributed by atoms with Gasteiger partial charge < -0.3 is 17.0 Å². The van der Waals surface area contributed by atoms with Crippen molar-refractivity contribution in [1.82, 2.24) is 0 Å². The molecule has 0 atom stereocenters. The largest absolute Gasteiger partial charge is 1.00 e. The molecule has 1 aromatic heterocycles. The van der Waals surface area contributed by atoms with E-state index in [0.29, 0.717) is 17.7 Å². The second-order valence-corrected chi connectivity index (χ2v) is 6.45. The quantitative estimate of drug-likeness (QED) is 0.249. The topological polar surface area (TPSA) is 64.1 Å². The van der Waals surface area contributed by atoms with Crippen LogP contribution >= 0.6 is 0 Å². The first kappa shape index (κ1) is 21.4. The van der Waals surface area contributed by atoms with Gasteiger partial charge in [-0.3, -0.25) is 14.9 Å². The standard InChI is InChI=1S/C22H21N2O3.BrH/c1-3-17-10-9-16(2)23(14-17)15-19-11-12-20(24(26)27)13-21(19)22(25)18-7-5-4-6-8-18;/h4-14H,3,15H2,1-2H3;1H/q+1;/p-1. The lowest BCUT2D eigenvalue weighted by Crippen LogP contribution is -3.00. The molecule has 1 heterocycles. The van der Waals surface area contributed by atoms with Gasteiger partial charge in [-0.05, 0) is 18.6 Å². The van der Waals surface area contributed by atoms with Crippen LogP contribution in [0.4, 0.5) is 5.69 Å². The average Bonchev–Trinajstić information content (AvgIpc) is 2.70. The number of ketones is 1. The Kier molecular flexibility index (Phi) is 7.18. The van der Waals surface area contributed by atoms with Crippen LogP contribution in [0.2, 0.25) is 0 Å². The maximum Gasteiger partial charge on any atom is 0.270 e. The molecule has 0 saturated heterocycles. The number of hydrogen-bond donors (Lipinski definition) is 0. The maximum atomic E-state index is 13.0. The summed E-state index contributed by atoms with van der Waals surface area (Å²) < 4.78 is 2.07. The van der Waals surface area contributed by atoms with E-state index in [0.717, 1.165) is 17.7 Å². The molecule has 0 saturated carbocycles. The van der Waals surface area contributed by atoms with E-state index in [1.807, 2.05) is 19.1 Å². The van der Waals surface area contributed by atoms with Gasteiger partial charge in [-0.1, -0.05) is 37.3 Å². The SMILES string of the molecule is CCc1ccc(C)[n+](Cc2ccc([N+](=O)[O-])cc2C(=O)c2ccccc2)c1.[Br-]. The molecule has 0 amide bonds. The van der Waals surface area contributed by atoms with Crippen molar-refractivity contribution in [3.05, 3.63) is 105 Å². The van der Waals surface area contributed by atoms with Crippen molar-refractivity contribution in [3.63, 3.8) is 0 Å². The summed E-state index contributed by atoms with van der Waals surface area (Å²) in [5, 5.41) is 11.2. The minimum Gasteiger partial charge on any atom is -1.00 e. The van der Waals surface area contributed by atoms with E-state index in [9.17, 15) is 14.9 Å². The van der Waals surface area contributed by atoms with Crippen molar-refractivity contribution < 1.29 is 31.3 Å². The van der Waals surface area contributed by atoms with Gasteiger partial charge >= 0.3 is 0 Å². The lowest BCUT2D eigenvalue weighted by atomic mass is 9.97. The first-order valence-corrected chi connectivity index (χ1v) is 8.85. The molecule has 6 heteroatoms. The number of hydrogen-bond acceptors (Lipinski definition) is 3. The van der Waals surface area contributed by atoms with Crippen LogP contribution in [-0.4, -0.2) is 10.7 Å². The predicted octanol–water partition coefficient (Wildman–Crippen LogP) is 1.04. The Bertz CT molecular complexity index is 1000. The Morgan fingerprint density at radius 2 is 1.79 bits per heavy atom. The highest BCUT2D eigenvalue weighted by atomic mass is 79.9. The van der Waals surface area contributed by atoms with Crippen molar-refractivity contribution in [2.24, 2.45) is 0 Å². The Morgan fingerprint density at radius 1 is 1.07 bits per heavy atom. The minimum absolute atomic E-state index is 0. The summed E-state index contributed by atoms with van der Waals surface area (Å²) in [6.07, 6.45) is 2.98. The molecule has 0 aliphatic rings. The zero-order valence-electron chi connectivity index (χ0n) is 15.8. The third-order valence-electron chi connectivity index (χ3n) is 4.65. The van der Waals surface area contributed by atoms with Crippen LogP contribution in [-0.2, 0) is 13.0 Å². The number of rotatable bonds is 6. The molecule has 0 fully saturated rings. The summed E-state index contributed by atoms with van der Waals surface area (Å²) in [7, 11) is 0. The number of nitro benzene ring substituents is 1. The summed E-state index contributed by atoms with van der Waals surface area (Å²) in [6.45, 7) is 4.57. The molecular weight excluding hydrogens is 420 g/mol. The van der Waals surface area contributed by atoms with Crippen molar-refractivity contribution in [2.45, 2.75) is 26.8 Å². The van der Waals surface area contributed by atoms with Gasteiger partial charge in [0.15, 0.2) is 24.2 Å². The second kappa shape index (κ2) is 9.37. The highest BCUT2D eigenvalue weighted by molar-refractivity contribution is 6.10. The number of halogens is 1. The highest BCUT2D eigenvalue weighted by Crippen LogP contribution is 2.21. The third kappa shape index (κ3) is 4.70. The van der Waals surface area contributed by atoms with Crippen molar-refractivity contribution in [1.29, 1.82) is 0 Å². The molecule has 5 nitrogen and oxygen atoms in total. The molecule has 0 spiro atoms. The Hall–Kier alpha value is -2.86. The van der Waals surface area contributed by atoms with E-state index < -0.39 is 4.92 Å². The molecule has 0 aliphatic heterocycles. The molecule has 0 N–H and O–H groups in total. The van der Waals surface area contributed by atoms with Crippen LogP contribution in [0.15, 0.2) is 66.9 Å². The van der Waals surface area contributed by atoms with Crippen molar-refractivity contribution in [3.8, 4) is 0 Å². The van der Waals surface area contributed by atoms with E-state index in [-0.39, 0.29) is 28.5 Å². The fourth-order valence-corrected chi connectivity index (χ4v) is 3.00. The minimum atomic E-state index is -0.471. The van der Waals surface area contributed by atoms with Crippen LogP contribution < -0.4 is 21.5 Å². The molecule has 144 valence electrons. The third-order valence-corrected chi connectivity index (χ3v) is 4.65. The number of nitrogens with zero attached hydrogens (tertiary/aromatic N) is 2. The molecule has 0 radical (unpaired) electrons. The summed E-state index contributed by atoms with van der Waals surface area (Å²) in [5.74, 6) is -0.209. The molecule has 28 heavy (non-hydrogen) atoms. The number of nitro groups is 1. The molecule has 3 aromatic rings. The monoisotopic (exact) mass is 440 g/mol. The fourth-order valence-electron chi connectivity index (χ4n) is 3.00. The van der Waals surface area contributed by atoms with Crippen molar-refractivity contribution >= 4 is 11.5 Å². The van der Waals surface area contributed by atoms with Gasteiger partial charge in [-0.2, -0.15) is 4.57 Å². The zero-order chi connectivity index (χ0) is 19.4. The normalized spacial score (nSPS) is 10.2. The Labute approximate surface area is 174 Å². The van der Waals surface area contributed by atoms with Gasteiger partial charge in [0.1, 0.15) is 0 Å². The summed E-state index contributed by atoms with van der Waals surface area (Å²) in [6, 6.07) is 17.5. The van der Waals surface area contributed by atoms with E-state index in [1.54, 1.807) is 30.3 Å². The predicted molar refractivity (Wildman–Crippen MR) is 103 cm³/mol. The number of benzene rings is 2. The number of non-ortho nitro benzene ring substituents is 1. The van der Waals surface area contributed by atoms with E-state index in [4.69, 9.17) is 0 Å². The second-order valence-electron chi connectivity index (χ2n) is 6.45. The van der Waals surface area contributed by atoms with Crippen LogP contribution in [0.25, 0.3) is 0 Å². The lowest BCUT2D eigenvalue weighted by molar-refractivity contribution is -0.694. The van der Waals surface area contributed by atoms with E-state index in [1.165, 1.54) is 17.7 Å². The number of carbonyl (C=O) groups excluding carboxylic acids is 1.